The molecule has 0 bridgehead atoms. The van der Waals surface area contributed by atoms with E-state index in [2.05, 4.69) is 53.1 Å². The van der Waals surface area contributed by atoms with Crippen LogP contribution in [-0.4, -0.2) is 41.9 Å². The highest BCUT2D eigenvalue weighted by atomic mass is 16.6. The van der Waals surface area contributed by atoms with Crippen molar-refractivity contribution in [3.8, 4) is 0 Å². The third-order valence-corrected chi connectivity index (χ3v) is 2.64. The van der Waals surface area contributed by atoms with Crippen LogP contribution in [0.15, 0.2) is 4.63 Å². The van der Waals surface area contributed by atoms with E-state index in [0.717, 1.165) is 17.9 Å². The third kappa shape index (κ3) is 3.90. The van der Waals surface area contributed by atoms with Gasteiger partial charge in [-0.05, 0) is 26.9 Å². The van der Waals surface area contributed by atoms with E-state index >= 15 is 0 Å². The van der Waals surface area contributed by atoms with Gasteiger partial charge in [0.25, 0.3) is 0 Å². The van der Waals surface area contributed by atoms with Gasteiger partial charge in [-0.15, -0.1) is 0 Å². The molecule has 92 valence electrons. The van der Waals surface area contributed by atoms with Crippen molar-refractivity contribution in [1.82, 2.24) is 20.5 Å². The van der Waals surface area contributed by atoms with Crippen molar-refractivity contribution in [2.45, 2.75) is 33.4 Å². The highest BCUT2D eigenvalue weighted by Crippen LogP contribution is 2.05. The molecule has 1 N–H and O–H groups in total. The fourth-order valence-corrected chi connectivity index (χ4v) is 1.54. The van der Waals surface area contributed by atoms with Crippen LogP contribution in [0.25, 0.3) is 0 Å². The Labute approximate surface area is 97.2 Å². The summed E-state index contributed by atoms with van der Waals surface area (Å²) in [7, 11) is 4.17. The lowest BCUT2D eigenvalue weighted by atomic mass is 10.0. The molecule has 1 rings (SSSR count). The fraction of sp³-hybridized carbons (Fsp3) is 0.818. The minimum Gasteiger partial charge on any atom is -0.308 e. The van der Waals surface area contributed by atoms with Gasteiger partial charge in [0.2, 0.25) is 0 Å². The number of nitrogens with zero attached hydrogens (tertiary/aromatic N) is 3. The summed E-state index contributed by atoms with van der Waals surface area (Å²) in [6.07, 6.45) is 0. The van der Waals surface area contributed by atoms with Gasteiger partial charge in [-0.2, -0.15) is 0 Å². The molecule has 0 amide bonds. The third-order valence-electron chi connectivity index (χ3n) is 2.64. The molecule has 0 radical (unpaired) electrons. The maximum absolute atomic E-state index is 4.67. The lowest BCUT2D eigenvalue weighted by molar-refractivity contribution is 0.280. The van der Waals surface area contributed by atoms with Gasteiger partial charge in [0.15, 0.2) is 0 Å². The average Bonchev–Trinajstić information content (AvgIpc) is 2.57. The van der Waals surface area contributed by atoms with Gasteiger partial charge < -0.3 is 10.2 Å². The molecular formula is C11H22N4O. The van der Waals surface area contributed by atoms with Crippen molar-refractivity contribution in [2.75, 3.05) is 20.6 Å². The topological polar surface area (TPSA) is 54.2 Å². The van der Waals surface area contributed by atoms with Gasteiger partial charge in [-0.1, -0.05) is 24.2 Å². The molecule has 0 spiro atoms. The van der Waals surface area contributed by atoms with E-state index in [0.29, 0.717) is 18.5 Å². The van der Waals surface area contributed by atoms with Crippen molar-refractivity contribution < 1.29 is 4.63 Å². The minimum absolute atomic E-state index is 0.450. The summed E-state index contributed by atoms with van der Waals surface area (Å²) in [4.78, 5) is 2.19. The van der Waals surface area contributed by atoms with Gasteiger partial charge >= 0.3 is 0 Å². The summed E-state index contributed by atoms with van der Waals surface area (Å²) in [6, 6.07) is 0.450. The van der Waals surface area contributed by atoms with Crippen LogP contribution >= 0.6 is 0 Å². The van der Waals surface area contributed by atoms with E-state index in [4.69, 9.17) is 0 Å². The largest absolute Gasteiger partial charge is 0.308 e. The Morgan fingerprint density at radius 1 is 1.31 bits per heavy atom. The van der Waals surface area contributed by atoms with Crippen molar-refractivity contribution >= 4 is 0 Å². The van der Waals surface area contributed by atoms with Crippen LogP contribution in [0, 0.1) is 12.8 Å². The van der Waals surface area contributed by atoms with E-state index in [1.807, 2.05) is 6.92 Å². The summed E-state index contributed by atoms with van der Waals surface area (Å²) < 4.78 is 4.67. The van der Waals surface area contributed by atoms with Crippen molar-refractivity contribution in [3.63, 3.8) is 0 Å². The predicted octanol–water partition coefficient (Wildman–Crippen LogP) is 1.05. The highest BCUT2D eigenvalue weighted by Gasteiger charge is 2.15. The quantitative estimate of drug-likeness (QED) is 0.786. The summed E-state index contributed by atoms with van der Waals surface area (Å²) in [5.74, 6) is 0.586. The van der Waals surface area contributed by atoms with E-state index in [-0.39, 0.29) is 0 Å². The van der Waals surface area contributed by atoms with E-state index in [1.165, 1.54) is 0 Å². The monoisotopic (exact) mass is 226 g/mol. The number of rotatable bonds is 6. The van der Waals surface area contributed by atoms with Gasteiger partial charge in [0, 0.05) is 19.1 Å². The molecule has 1 heterocycles. The van der Waals surface area contributed by atoms with Gasteiger partial charge in [-0.25, -0.2) is 4.63 Å². The molecule has 1 aromatic rings. The number of likely N-dealkylation sites (N-methyl/N-ethyl adjacent to an activating group) is 1. The molecule has 0 saturated heterocycles. The molecule has 5 heteroatoms. The number of aromatic nitrogens is 2. The predicted molar refractivity (Wildman–Crippen MR) is 63.1 cm³/mol. The molecule has 0 aromatic carbocycles. The Hall–Kier alpha value is -0.940. The van der Waals surface area contributed by atoms with E-state index in [9.17, 15) is 0 Å². The van der Waals surface area contributed by atoms with Crippen LogP contribution in [0.1, 0.15) is 25.2 Å². The second-order valence-electron chi connectivity index (χ2n) is 4.79. The van der Waals surface area contributed by atoms with Crippen molar-refractivity contribution in [2.24, 2.45) is 5.92 Å². The van der Waals surface area contributed by atoms with Gasteiger partial charge in [0.1, 0.15) is 11.4 Å². The first-order valence-electron chi connectivity index (χ1n) is 5.67. The van der Waals surface area contributed by atoms with Crippen LogP contribution < -0.4 is 5.32 Å². The molecule has 5 nitrogen and oxygen atoms in total. The standard InChI is InChI=1S/C11H22N4O/c1-8(2)11(7-15(4)5)12-6-10-9(3)13-16-14-10/h8,11-12H,6-7H2,1-5H3. The fourth-order valence-electron chi connectivity index (χ4n) is 1.54. The molecule has 0 aliphatic rings. The van der Waals surface area contributed by atoms with E-state index < -0.39 is 0 Å². The summed E-state index contributed by atoms with van der Waals surface area (Å²) in [5, 5.41) is 11.1. The van der Waals surface area contributed by atoms with Crippen molar-refractivity contribution in [3.05, 3.63) is 11.4 Å². The lowest BCUT2D eigenvalue weighted by Crippen LogP contribution is -2.41. The SMILES string of the molecule is Cc1nonc1CNC(CN(C)C)C(C)C. The molecule has 1 aromatic heterocycles. The second kappa shape index (κ2) is 5.96. The Bertz CT molecular complexity index is 309. The minimum atomic E-state index is 0.450. The first-order chi connectivity index (χ1) is 7.50. The molecular weight excluding hydrogens is 204 g/mol. The Balaban J connectivity index is 2.47. The number of hydrogen-bond donors (Lipinski definition) is 1. The Morgan fingerprint density at radius 3 is 2.44 bits per heavy atom. The Kier molecular flexibility index (Phi) is 4.89. The second-order valence-corrected chi connectivity index (χ2v) is 4.79. The van der Waals surface area contributed by atoms with Crippen LogP contribution in [0.5, 0.6) is 0 Å². The zero-order valence-electron chi connectivity index (χ0n) is 10.8. The highest BCUT2D eigenvalue weighted by molar-refractivity contribution is 5.04. The smallest absolute Gasteiger partial charge is 0.121 e. The maximum atomic E-state index is 4.67. The normalized spacial score (nSPS) is 13.7. The molecule has 0 saturated carbocycles. The summed E-state index contributed by atoms with van der Waals surface area (Å²) in [6.45, 7) is 8.07. The lowest BCUT2D eigenvalue weighted by Gasteiger charge is -2.25. The Morgan fingerprint density at radius 2 is 2.00 bits per heavy atom. The molecule has 0 aliphatic carbocycles. The molecule has 16 heavy (non-hydrogen) atoms. The summed E-state index contributed by atoms with van der Waals surface area (Å²) >= 11 is 0. The zero-order valence-corrected chi connectivity index (χ0v) is 10.8. The van der Waals surface area contributed by atoms with Gasteiger partial charge in [-0.3, -0.25) is 0 Å². The number of hydrogen-bond acceptors (Lipinski definition) is 5. The maximum Gasteiger partial charge on any atom is 0.121 e. The average molecular weight is 226 g/mol. The van der Waals surface area contributed by atoms with Crippen LogP contribution in [0.3, 0.4) is 0 Å². The molecule has 0 aliphatic heterocycles. The molecule has 1 unspecified atom stereocenters. The number of nitrogens with one attached hydrogen (secondary N) is 1. The van der Waals surface area contributed by atoms with Crippen LogP contribution in [-0.2, 0) is 6.54 Å². The van der Waals surface area contributed by atoms with Crippen LogP contribution in [0.2, 0.25) is 0 Å². The van der Waals surface area contributed by atoms with Crippen molar-refractivity contribution in [1.29, 1.82) is 0 Å². The zero-order chi connectivity index (χ0) is 12.1. The first kappa shape index (κ1) is 13.1. The first-order valence-corrected chi connectivity index (χ1v) is 5.67. The van der Waals surface area contributed by atoms with Crippen LogP contribution in [0.4, 0.5) is 0 Å². The number of aryl methyl sites for hydroxylation is 1. The van der Waals surface area contributed by atoms with Gasteiger partial charge in [0.05, 0.1) is 0 Å². The summed E-state index contributed by atoms with van der Waals surface area (Å²) in [5.41, 5.74) is 1.75. The molecule has 1 atom stereocenters. The molecule has 0 fully saturated rings. The van der Waals surface area contributed by atoms with E-state index in [1.54, 1.807) is 0 Å².